The molecular formula is C13H23NO4. The zero-order valence-corrected chi connectivity index (χ0v) is 11.6. The average molecular weight is 257 g/mol. The highest BCUT2D eigenvalue weighted by molar-refractivity contribution is 5.80. The van der Waals surface area contributed by atoms with Crippen LogP contribution < -0.4 is 5.32 Å². The first-order valence-electron chi connectivity index (χ1n) is 6.30. The molecule has 1 N–H and O–H groups in total. The Hall–Kier alpha value is -1.10. The van der Waals surface area contributed by atoms with Gasteiger partial charge in [-0.2, -0.15) is 0 Å². The summed E-state index contributed by atoms with van der Waals surface area (Å²) < 4.78 is 9.94. The highest BCUT2D eigenvalue weighted by Gasteiger charge is 2.32. The van der Waals surface area contributed by atoms with Crippen molar-refractivity contribution in [3.05, 3.63) is 0 Å². The van der Waals surface area contributed by atoms with Gasteiger partial charge in [0.25, 0.3) is 0 Å². The largest absolute Gasteiger partial charge is 0.444 e. The number of carbonyl (C=O) groups is 2. The SMILES string of the molecule is COCC(=O)CC1CC(NC(=O)OC(C)(C)C)C1. The number of ether oxygens (including phenoxy) is 2. The molecule has 1 fully saturated rings. The van der Waals surface area contributed by atoms with Crippen LogP contribution in [0.1, 0.15) is 40.0 Å². The fourth-order valence-electron chi connectivity index (χ4n) is 2.04. The molecule has 1 saturated carbocycles. The van der Waals surface area contributed by atoms with E-state index < -0.39 is 5.60 Å². The number of carbonyl (C=O) groups excluding carboxylic acids is 2. The lowest BCUT2D eigenvalue weighted by Gasteiger charge is -2.35. The van der Waals surface area contributed by atoms with Crippen LogP contribution in [0.25, 0.3) is 0 Å². The highest BCUT2D eigenvalue weighted by atomic mass is 16.6. The molecule has 0 bridgehead atoms. The summed E-state index contributed by atoms with van der Waals surface area (Å²) in [5, 5.41) is 2.80. The van der Waals surface area contributed by atoms with E-state index in [1.165, 1.54) is 7.11 Å². The summed E-state index contributed by atoms with van der Waals surface area (Å²) in [5.74, 6) is 0.491. The third-order valence-corrected chi connectivity index (χ3v) is 2.78. The van der Waals surface area contributed by atoms with Gasteiger partial charge in [0.15, 0.2) is 5.78 Å². The maximum atomic E-state index is 11.5. The monoisotopic (exact) mass is 257 g/mol. The van der Waals surface area contributed by atoms with Gasteiger partial charge in [-0.1, -0.05) is 0 Å². The van der Waals surface area contributed by atoms with Crippen LogP contribution in [0.15, 0.2) is 0 Å². The van der Waals surface area contributed by atoms with Gasteiger partial charge in [-0.15, -0.1) is 0 Å². The second-order valence-corrected chi connectivity index (χ2v) is 5.86. The third kappa shape index (κ3) is 5.49. The Morgan fingerprint density at radius 2 is 1.89 bits per heavy atom. The van der Waals surface area contributed by atoms with Crippen molar-refractivity contribution in [2.24, 2.45) is 5.92 Å². The van der Waals surface area contributed by atoms with E-state index in [-0.39, 0.29) is 24.5 Å². The fourth-order valence-corrected chi connectivity index (χ4v) is 2.04. The summed E-state index contributed by atoms with van der Waals surface area (Å²) in [6.07, 6.45) is 1.85. The molecule has 104 valence electrons. The summed E-state index contributed by atoms with van der Waals surface area (Å²) in [6, 6.07) is 0.139. The van der Waals surface area contributed by atoms with Crippen molar-refractivity contribution in [2.75, 3.05) is 13.7 Å². The minimum absolute atomic E-state index is 0.123. The zero-order valence-electron chi connectivity index (χ0n) is 11.6. The molecule has 5 heteroatoms. The molecule has 5 nitrogen and oxygen atoms in total. The summed E-state index contributed by atoms with van der Waals surface area (Å²) in [4.78, 5) is 22.8. The van der Waals surface area contributed by atoms with Gasteiger partial charge < -0.3 is 14.8 Å². The van der Waals surface area contributed by atoms with Crippen LogP contribution in [-0.4, -0.2) is 37.2 Å². The van der Waals surface area contributed by atoms with Gasteiger partial charge in [0.2, 0.25) is 0 Å². The van der Waals surface area contributed by atoms with Gasteiger partial charge in [0, 0.05) is 19.6 Å². The first-order chi connectivity index (χ1) is 8.30. The van der Waals surface area contributed by atoms with Crippen LogP contribution in [0.3, 0.4) is 0 Å². The predicted octanol–water partition coefficient (Wildman–Crippen LogP) is 1.90. The topological polar surface area (TPSA) is 64.6 Å². The molecule has 0 aromatic heterocycles. The first-order valence-corrected chi connectivity index (χ1v) is 6.30. The average Bonchev–Trinajstić information content (AvgIpc) is 2.11. The number of alkyl carbamates (subject to hydrolysis) is 1. The van der Waals surface area contributed by atoms with Gasteiger partial charge in [0.05, 0.1) is 0 Å². The van der Waals surface area contributed by atoms with E-state index in [2.05, 4.69) is 5.32 Å². The van der Waals surface area contributed by atoms with Crippen molar-refractivity contribution >= 4 is 11.9 Å². The van der Waals surface area contributed by atoms with Gasteiger partial charge in [0.1, 0.15) is 12.2 Å². The van der Waals surface area contributed by atoms with Gasteiger partial charge in [-0.3, -0.25) is 4.79 Å². The molecule has 1 aliphatic rings. The Kier molecular flexibility index (Phi) is 5.14. The maximum Gasteiger partial charge on any atom is 0.407 e. The molecule has 0 heterocycles. The third-order valence-electron chi connectivity index (χ3n) is 2.78. The van der Waals surface area contributed by atoms with E-state index in [1.54, 1.807) is 0 Å². The van der Waals surface area contributed by atoms with E-state index in [1.807, 2.05) is 20.8 Å². The molecular weight excluding hydrogens is 234 g/mol. The number of hydrogen-bond acceptors (Lipinski definition) is 4. The summed E-state index contributed by atoms with van der Waals surface area (Å²) in [7, 11) is 1.52. The van der Waals surface area contributed by atoms with Crippen LogP contribution in [0.4, 0.5) is 4.79 Å². The molecule has 0 unspecified atom stereocenters. The Balaban J connectivity index is 2.15. The second kappa shape index (κ2) is 6.18. The second-order valence-electron chi connectivity index (χ2n) is 5.86. The minimum atomic E-state index is -0.471. The molecule has 0 aromatic rings. The van der Waals surface area contributed by atoms with Crippen LogP contribution >= 0.6 is 0 Å². The molecule has 1 aliphatic carbocycles. The molecule has 0 saturated heterocycles. The Bertz CT molecular complexity index is 303. The Morgan fingerprint density at radius 1 is 1.28 bits per heavy atom. The molecule has 0 spiro atoms. The molecule has 1 rings (SSSR count). The first kappa shape index (κ1) is 15.0. The minimum Gasteiger partial charge on any atom is -0.444 e. The van der Waals surface area contributed by atoms with Crippen molar-refractivity contribution < 1.29 is 19.1 Å². The van der Waals surface area contributed by atoms with Crippen molar-refractivity contribution in [1.82, 2.24) is 5.32 Å². The van der Waals surface area contributed by atoms with Gasteiger partial charge in [-0.25, -0.2) is 4.79 Å². The van der Waals surface area contributed by atoms with Crippen LogP contribution in [0, 0.1) is 5.92 Å². The van der Waals surface area contributed by atoms with E-state index in [0.717, 1.165) is 12.8 Å². The lowest BCUT2D eigenvalue weighted by molar-refractivity contribution is -0.124. The Morgan fingerprint density at radius 3 is 2.39 bits per heavy atom. The number of Topliss-reactive ketones (excluding diaryl/α,β-unsaturated/α-hetero) is 1. The highest BCUT2D eigenvalue weighted by Crippen LogP contribution is 2.30. The van der Waals surface area contributed by atoms with Crippen molar-refractivity contribution in [2.45, 2.75) is 51.7 Å². The Labute approximate surface area is 108 Å². The molecule has 0 atom stereocenters. The van der Waals surface area contributed by atoms with Gasteiger partial charge in [-0.05, 0) is 39.5 Å². The van der Waals surface area contributed by atoms with Crippen LogP contribution in [0.2, 0.25) is 0 Å². The molecule has 0 radical (unpaired) electrons. The molecule has 18 heavy (non-hydrogen) atoms. The molecule has 0 aliphatic heterocycles. The predicted molar refractivity (Wildman–Crippen MR) is 67.4 cm³/mol. The summed E-state index contributed by atoms with van der Waals surface area (Å²) in [5.41, 5.74) is -0.471. The lowest BCUT2D eigenvalue weighted by Crippen LogP contribution is -2.46. The lowest BCUT2D eigenvalue weighted by atomic mass is 9.77. The summed E-state index contributed by atoms with van der Waals surface area (Å²) in [6.45, 7) is 5.68. The maximum absolute atomic E-state index is 11.5. The molecule has 1 amide bonds. The zero-order chi connectivity index (χ0) is 13.8. The molecule has 0 aromatic carbocycles. The normalized spacial score (nSPS) is 23.1. The number of amides is 1. The van der Waals surface area contributed by atoms with E-state index in [4.69, 9.17) is 9.47 Å². The standard InChI is InChI=1S/C13H23NO4/c1-13(2,3)18-12(16)14-10-5-9(6-10)7-11(15)8-17-4/h9-10H,5-8H2,1-4H3,(H,14,16). The van der Waals surface area contributed by atoms with Crippen molar-refractivity contribution in [3.63, 3.8) is 0 Å². The van der Waals surface area contributed by atoms with Crippen molar-refractivity contribution in [1.29, 1.82) is 0 Å². The van der Waals surface area contributed by atoms with Crippen LogP contribution in [-0.2, 0) is 14.3 Å². The van der Waals surface area contributed by atoms with Crippen LogP contribution in [0.5, 0.6) is 0 Å². The fraction of sp³-hybridized carbons (Fsp3) is 0.846. The van der Waals surface area contributed by atoms with Crippen molar-refractivity contribution in [3.8, 4) is 0 Å². The van der Waals surface area contributed by atoms with Gasteiger partial charge >= 0.3 is 6.09 Å². The van der Waals surface area contributed by atoms with E-state index in [0.29, 0.717) is 12.3 Å². The number of rotatable bonds is 5. The van der Waals surface area contributed by atoms with E-state index >= 15 is 0 Å². The smallest absolute Gasteiger partial charge is 0.407 e. The number of ketones is 1. The number of hydrogen-bond donors (Lipinski definition) is 1. The van der Waals surface area contributed by atoms with E-state index in [9.17, 15) is 9.59 Å². The number of nitrogens with one attached hydrogen (secondary N) is 1. The quantitative estimate of drug-likeness (QED) is 0.817. The summed E-state index contributed by atoms with van der Waals surface area (Å²) >= 11 is 0. The number of methoxy groups -OCH3 is 1.